The van der Waals surface area contributed by atoms with Crippen LogP contribution in [0, 0.1) is 26.6 Å². The Bertz CT molecular complexity index is 635. The Morgan fingerprint density at radius 3 is 2.35 bits per heavy atom. The van der Waals surface area contributed by atoms with E-state index in [0.29, 0.717) is 5.75 Å². The molecule has 20 heavy (non-hydrogen) atoms. The van der Waals surface area contributed by atoms with Crippen LogP contribution < -0.4 is 10.5 Å². The lowest BCUT2D eigenvalue weighted by Crippen LogP contribution is -2.05. The van der Waals surface area contributed by atoms with E-state index in [9.17, 15) is 4.39 Å². The Kier molecular flexibility index (Phi) is 4.09. The lowest BCUT2D eigenvalue weighted by atomic mass is 10.1. The molecular weight excluding hydrogens is 253 g/mol. The number of halogens is 1. The quantitative estimate of drug-likeness (QED) is 0.889. The van der Waals surface area contributed by atoms with Crippen LogP contribution in [0.2, 0.25) is 0 Å². The van der Waals surface area contributed by atoms with Gasteiger partial charge in [-0.2, -0.15) is 0 Å². The molecule has 0 radical (unpaired) electrons. The third kappa shape index (κ3) is 2.99. The summed E-state index contributed by atoms with van der Waals surface area (Å²) in [6, 6.07) is 8.66. The molecule has 2 N–H and O–H groups in total. The van der Waals surface area contributed by atoms with Crippen LogP contribution in [-0.2, 0) is 0 Å². The Labute approximate surface area is 119 Å². The van der Waals surface area contributed by atoms with Gasteiger partial charge in [0.05, 0.1) is 0 Å². The second-order valence-corrected chi connectivity index (χ2v) is 5.29. The monoisotopic (exact) mass is 273 g/mol. The minimum atomic E-state index is -0.390. The third-order valence-corrected chi connectivity index (χ3v) is 3.47. The summed E-state index contributed by atoms with van der Waals surface area (Å²) in [5, 5.41) is 0. The highest BCUT2D eigenvalue weighted by atomic mass is 19.1. The van der Waals surface area contributed by atoms with E-state index in [0.717, 1.165) is 22.3 Å². The Balaban J connectivity index is 2.35. The highest BCUT2D eigenvalue weighted by Gasteiger charge is 2.11. The van der Waals surface area contributed by atoms with Crippen molar-refractivity contribution >= 4 is 0 Å². The van der Waals surface area contributed by atoms with Gasteiger partial charge in [-0.05, 0) is 68.1 Å². The zero-order valence-electron chi connectivity index (χ0n) is 12.3. The number of ether oxygens (including phenoxy) is 1. The summed E-state index contributed by atoms with van der Waals surface area (Å²) in [4.78, 5) is 0. The van der Waals surface area contributed by atoms with Crippen molar-refractivity contribution in [2.45, 2.75) is 33.7 Å². The van der Waals surface area contributed by atoms with Crippen molar-refractivity contribution < 1.29 is 9.13 Å². The predicted octanol–water partition coefficient (Wildman–Crippen LogP) is 4.56. The van der Waals surface area contributed by atoms with E-state index in [1.54, 1.807) is 12.1 Å². The second kappa shape index (κ2) is 5.63. The van der Waals surface area contributed by atoms with Gasteiger partial charge in [0.1, 0.15) is 5.75 Å². The van der Waals surface area contributed by atoms with Crippen molar-refractivity contribution in [2.24, 2.45) is 5.73 Å². The van der Waals surface area contributed by atoms with Crippen LogP contribution in [0.5, 0.6) is 11.5 Å². The molecule has 2 aromatic rings. The minimum absolute atomic E-state index is 0.193. The molecule has 0 spiro atoms. The predicted molar refractivity (Wildman–Crippen MR) is 79.7 cm³/mol. The van der Waals surface area contributed by atoms with Crippen molar-refractivity contribution in [2.75, 3.05) is 0 Å². The molecule has 0 amide bonds. The first kappa shape index (κ1) is 14.5. The van der Waals surface area contributed by atoms with Crippen LogP contribution in [-0.4, -0.2) is 0 Å². The van der Waals surface area contributed by atoms with Crippen molar-refractivity contribution in [1.82, 2.24) is 0 Å². The molecule has 0 aliphatic heterocycles. The molecule has 3 heteroatoms. The average molecular weight is 273 g/mol. The van der Waals surface area contributed by atoms with Gasteiger partial charge < -0.3 is 10.5 Å². The van der Waals surface area contributed by atoms with Gasteiger partial charge in [-0.15, -0.1) is 0 Å². The van der Waals surface area contributed by atoms with Gasteiger partial charge in [0, 0.05) is 6.04 Å². The van der Waals surface area contributed by atoms with E-state index in [1.165, 1.54) is 6.07 Å². The molecule has 0 saturated carbocycles. The van der Waals surface area contributed by atoms with E-state index in [-0.39, 0.29) is 11.8 Å². The maximum Gasteiger partial charge on any atom is 0.166 e. The summed E-state index contributed by atoms with van der Waals surface area (Å²) < 4.78 is 19.8. The zero-order chi connectivity index (χ0) is 14.9. The standard InChI is InChI=1S/C17H20FNO/c1-10-7-11(2)12(3)17(8-10)20-16-6-5-14(13(4)19)9-15(16)18/h5-9,13H,19H2,1-4H3. The van der Waals surface area contributed by atoms with Gasteiger partial charge in [0.25, 0.3) is 0 Å². The highest BCUT2D eigenvalue weighted by molar-refractivity contribution is 5.45. The van der Waals surface area contributed by atoms with Crippen molar-refractivity contribution in [3.63, 3.8) is 0 Å². The molecule has 0 saturated heterocycles. The number of aryl methyl sites for hydroxylation is 2. The first-order chi connectivity index (χ1) is 9.38. The molecule has 0 aliphatic rings. The molecule has 0 fully saturated rings. The summed E-state index contributed by atoms with van der Waals surface area (Å²) in [5.74, 6) is 0.524. The van der Waals surface area contributed by atoms with Crippen LogP contribution in [0.3, 0.4) is 0 Å². The van der Waals surface area contributed by atoms with E-state index < -0.39 is 5.82 Å². The SMILES string of the molecule is Cc1cc(C)c(C)c(Oc2ccc(C(C)N)cc2F)c1. The van der Waals surface area contributed by atoms with Gasteiger partial charge in [-0.25, -0.2) is 4.39 Å². The lowest BCUT2D eigenvalue weighted by molar-refractivity contribution is 0.438. The van der Waals surface area contributed by atoms with Crippen molar-refractivity contribution in [1.29, 1.82) is 0 Å². The summed E-state index contributed by atoms with van der Waals surface area (Å²) >= 11 is 0. The Morgan fingerprint density at radius 1 is 1.05 bits per heavy atom. The van der Waals surface area contributed by atoms with Gasteiger partial charge in [0.2, 0.25) is 0 Å². The van der Waals surface area contributed by atoms with Crippen LogP contribution in [0.15, 0.2) is 30.3 Å². The summed E-state index contributed by atoms with van der Waals surface area (Å²) in [7, 11) is 0. The van der Waals surface area contributed by atoms with Crippen LogP contribution in [0.1, 0.15) is 35.2 Å². The number of benzene rings is 2. The molecule has 106 valence electrons. The average Bonchev–Trinajstić information content (AvgIpc) is 2.37. The first-order valence-corrected chi connectivity index (χ1v) is 6.69. The molecule has 0 aliphatic carbocycles. The molecule has 1 atom stereocenters. The molecule has 2 nitrogen and oxygen atoms in total. The van der Waals surface area contributed by atoms with Gasteiger partial charge in [-0.3, -0.25) is 0 Å². The number of hydrogen-bond donors (Lipinski definition) is 1. The lowest BCUT2D eigenvalue weighted by Gasteiger charge is -2.14. The van der Waals surface area contributed by atoms with E-state index in [2.05, 4.69) is 6.07 Å². The topological polar surface area (TPSA) is 35.2 Å². The summed E-state index contributed by atoms with van der Waals surface area (Å²) in [6.07, 6.45) is 0. The summed E-state index contributed by atoms with van der Waals surface area (Å²) in [6.45, 7) is 7.81. The van der Waals surface area contributed by atoms with E-state index >= 15 is 0 Å². The Morgan fingerprint density at radius 2 is 1.75 bits per heavy atom. The molecule has 0 bridgehead atoms. The minimum Gasteiger partial charge on any atom is -0.454 e. The van der Waals surface area contributed by atoms with Crippen LogP contribution in [0.25, 0.3) is 0 Å². The van der Waals surface area contributed by atoms with E-state index in [4.69, 9.17) is 10.5 Å². The summed E-state index contributed by atoms with van der Waals surface area (Å²) in [5.41, 5.74) is 9.74. The molecule has 0 heterocycles. The second-order valence-electron chi connectivity index (χ2n) is 5.29. The van der Waals surface area contributed by atoms with Gasteiger partial charge in [-0.1, -0.05) is 12.1 Å². The van der Waals surface area contributed by atoms with E-state index in [1.807, 2.05) is 33.8 Å². The number of nitrogens with two attached hydrogens (primary N) is 1. The number of rotatable bonds is 3. The largest absolute Gasteiger partial charge is 0.454 e. The highest BCUT2D eigenvalue weighted by Crippen LogP contribution is 2.31. The Hall–Kier alpha value is -1.87. The van der Waals surface area contributed by atoms with Crippen LogP contribution >= 0.6 is 0 Å². The molecule has 0 aromatic heterocycles. The normalized spacial score (nSPS) is 12.3. The molecular formula is C17H20FNO. The maximum absolute atomic E-state index is 14.0. The van der Waals surface area contributed by atoms with Crippen LogP contribution in [0.4, 0.5) is 4.39 Å². The number of hydrogen-bond acceptors (Lipinski definition) is 2. The van der Waals surface area contributed by atoms with Crippen molar-refractivity contribution in [3.8, 4) is 11.5 Å². The fourth-order valence-corrected chi connectivity index (χ4v) is 2.11. The fourth-order valence-electron chi connectivity index (χ4n) is 2.11. The van der Waals surface area contributed by atoms with Gasteiger partial charge >= 0.3 is 0 Å². The molecule has 2 aromatic carbocycles. The maximum atomic E-state index is 14.0. The van der Waals surface area contributed by atoms with Crippen molar-refractivity contribution in [3.05, 3.63) is 58.4 Å². The molecule has 2 rings (SSSR count). The molecule has 1 unspecified atom stereocenters. The fraction of sp³-hybridized carbons (Fsp3) is 0.294. The van der Waals surface area contributed by atoms with Gasteiger partial charge in [0.15, 0.2) is 11.6 Å². The zero-order valence-corrected chi connectivity index (χ0v) is 12.3. The third-order valence-electron chi connectivity index (χ3n) is 3.47. The first-order valence-electron chi connectivity index (χ1n) is 6.69. The smallest absolute Gasteiger partial charge is 0.166 e.